The minimum absolute atomic E-state index is 0.129. The van der Waals surface area contributed by atoms with Crippen molar-refractivity contribution in [3.63, 3.8) is 0 Å². The van der Waals surface area contributed by atoms with Gasteiger partial charge in [0.25, 0.3) is 0 Å². The summed E-state index contributed by atoms with van der Waals surface area (Å²) in [6.07, 6.45) is 3.40. The van der Waals surface area contributed by atoms with Crippen molar-refractivity contribution >= 4 is 23.4 Å². The van der Waals surface area contributed by atoms with Gasteiger partial charge >= 0.3 is 0 Å². The number of aromatic nitrogens is 4. The van der Waals surface area contributed by atoms with Gasteiger partial charge in [-0.1, -0.05) is 11.8 Å². The van der Waals surface area contributed by atoms with Crippen LogP contribution in [0.15, 0.2) is 72.1 Å². The second-order valence-electron chi connectivity index (χ2n) is 7.01. The molecule has 10 heteroatoms. The highest BCUT2D eigenvalue weighted by Crippen LogP contribution is 2.29. The van der Waals surface area contributed by atoms with Crippen molar-refractivity contribution in [3.8, 4) is 34.3 Å². The number of benzene rings is 2. The average molecular weight is 478 g/mol. The highest BCUT2D eigenvalue weighted by atomic mass is 32.2. The number of hydrogen-bond acceptors (Lipinski definition) is 8. The van der Waals surface area contributed by atoms with E-state index in [0.29, 0.717) is 28.2 Å². The second kappa shape index (κ2) is 10.7. The number of nitrogens with one attached hydrogen (secondary N) is 1. The molecule has 0 aliphatic heterocycles. The molecular formula is C24H23N5O4S. The van der Waals surface area contributed by atoms with Crippen LogP contribution < -0.4 is 19.5 Å². The van der Waals surface area contributed by atoms with Crippen LogP contribution in [0.2, 0.25) is 0 Å². The van der Waals surface area contributed by atoms with E-state index in [-0.39, 0.29) is 11.7 Å². The van der Waals surface area contributed by atoms with Crippen LogP contribution in [0.5, 0.6) is 17.2 Å². The van der Waals surface area contributed by atoms with Crippen molar-refractivity contribution < 1.29 is 19.0 Å². The van der Waals surface area contributed by atoms with Gasteiger partial charge in [-0.25, -0.2) is 0 Å². The van der Waals surface area contributed by atoms with Crippen LogP contribution in [-0.4, -0.2) is 52.7 Å². The summed E-state index contributed by atoms with van der Waals surface area (Å²) in [6.45, 7) is 0. The number of carbonyl (C=O) groups is 1. The number of rotatable bonds is 9. The fourth-order valence-electron chi connectivity index (χ4n) is 3.22. The summed E-state index contributed by atoms with van der Waals surface area (Å²) in [6, 6.07) is 16.5. The Labute approximate surface area is 201 Å². The minimum Gasteiger partial charge on any atom is -0.497 e. The first-order chi connectivity index (χ1) is 16.6. The Morgan fingerprint density at radius 1 is 0.882 bits per heavy atom. The summed E-state index contributed by atoms with van der Waals surface area (Å²) in [7, 11) is 4.74. The number of amides is 1. The number of hydrogen-bond donors (Lipinski definition) is 1. The Bertz CT molecular complexity index is 1240. The topological polar surface area (TPSA) is 100 Å². The van der Waals surface area contributed by atoms with Gasteiger partial charge in [-0.05, 0) is 36.4 Å². The molecule has 0 radical (unpaired) electrons. The van der Waals surface area contributed by atoms with Crippen LogP contribution in [0.3, 0.4) is 0 Å². The maximum absolute atomic E-state index is 12.7. The molecule has 4 rings (SSSR count). The molecule has 0 unspecified atom stereocenters. The van der Waals surface area contributed by atoms with Crippen molar-refractivity contribution in [2.45, 2.75) is 5.16 Å². The van der Waals surface area contributed by atoms with E-state index in [2.05, 4.69) is 20.5 Å². The fourth-order valence-corrected chi connectivity index (χ4v) is 3.97. The molecule has 2 aromatic heterocycles. The van der Waals surface area contributed by atoms with Crippen LogP contribution in [0, 0.1) is 0 Å². The molecule has 1 amide bonds. The Morgan fingerprint density at radius 2 is 1.53 bits per heavy atom. The Balaban J connectivity index is 1.57. The summed E-state index contributed by atoms with van der Waals surface area (Å²) in [5, 5.41) is 12.2. The third-order valence-corrected chi connectivity index (χ3v) is 5.80. The lowest BCUT2D eigenvalue weighted by Crippen LogP contribution is -2.14. The van der Waals surface area contributed by atoms with Crippen LogP contribution >= 0.6 is 11.8 Å². The molecule has 0 saturated carbocycles. The first-order valence-electron chi connectivity index (χ1n) is 10.3. The molecule has 0 aliphatic carbocycles. The van der Waals surface area contributed by atoms with E-state index in [1.165, 1.54) is 11.8 Å². The highest BCUT2D eigenvalue weighted by molar-refractivity contribution is 7.99. The number of anilines is 1. The Hall–Kier alpha value is -4.05. The van der Waals surface area contributed by atoms with Gasteiger partial charge in [0.1, 0.15) is 17.2 Å². The number of carbonyl (C=O) groups excluding carboxylic acids is 1. The Kier molecular flexibility index (Phi) is 7.28. The smallest absolute Gasteiger partial charge is 0.234 e. The molecule has 0 fully saturated rings. The van der Waals surface area contributed by atoms with E-state index >= 15 is 0 Å². The molecule has 174 valence electrons. The van der Waals surface area contributed by atoms with Crippen molar-refractivity contribution in [2.75, 3.05) is 32.4 Å². The lowest BCUT2D eigenvalue weighted by Gasteiger charge is -2.12. The molecule has 4 aromatic rings. The van der Waals surface area contributed by atoms with Crippen molar-refractivity contribution in [2.24, 2.45) is 0 Å². The zero-order chi connectivity index (χ0) is 23.9. The normalized spacial score (nSPS) is 10.6. The lowest BCUT2D eigenvalue weighted by molar-refractivity contribution is -0.113. The van der Waals surface area contributed by atoms with E-state index in [1.54, 1.807) is 51.9 Å². The predicted molar refractivity (Wildman–Crippen MR) is 130 cm³/mol. The molecule has 2 aromatic carbocycles. The first kappa shape index (κ1) is 23.1. The summed E-state index contributed by atoms with van der Waals surface area (Å²) in [5.74, 6) is 2.49. The van der Waals surface area contributed by atoms with Crippen LogP contribution in [-0.2, 0) is 4.79 Å². The van der Waals surface area contributed by atoms with Gasteiger partial charge in [0, 0.05) is 47.5 Å². The van der Waals surface area contributed by atoms with E-state index in [1.807, 2.05) is 41.0 Å². The zero-order valence-corrected chi connectivity index (χ0v) is 19.7. The molecule has 0 saturated heterocycles. The van der Waals surface area contributed by atoms with Crippen molar-refractivity contribution in [1.82, 2.24) is 19.7 Å². The summed E-state index contributed by atoms with van der Waals surface area (Å²) >= 11 is 1.28. The predicted octanol–water partition coefficient (Wildman–Crippen LogP) is 4.09. The second-order valence-corrected chi connectivity index (χ2v) is 7.96. The van der Waals surface area contributed by atoms with E-state index in [0.717, 1.165) is 17.0 Å². The SMILES string of the molecule is COc1ccc(-n2c(SCC(=O)Nc3cc(OC)cc(OC)c3)nnc2-c2ccncc2)cc1. The van der Waals surface area contributed by atoms with Crippen LogP contribution in [0.4, 0.5) is 5.69 Å². The molecule has 1 N–H and O–H groups in total. The van der Waals surface area contributed by atoms with Gasteiger partial charge in [-0.2, -0.15) is 0 Å². The average Bonchev–Trinajstić information content (AvgIpc) is 3.31. The third kappa shape index (κ3) is 5.29. The molecular weight excluding hydrogens is 454 g/mol. The number of pyridine rings is 1. The summed E-state index contributed by atoms with van der Waals surface area (Å²) in [4.78, 5) is 16.8. The highest BCUT2D eigenvalue weighted by Gasteiger charge is 2.18. The number of ether oxygens (including phenoxy) is 3. The number of thioether (sulfide) groups is 1. The maximum atomic E-state index is 12.7. The first-order valence-corrected chi connectivity index (χ1v) is 11.3. The number of methoxy groups -OCH3 is 3. The molecule has 0 spiro atoms. The quantitative estimate of drug-likeness (QED) is 0.360. The molecule has 0 atom stereocenters. The van der Waals surface area contributed by atoms with Crippen molar-refractivity contribution in [1.29, 1.82) is 0 Å². The van der Waals surface area contributed by atoms with E-state index in [4.69, 9.17) is 14.2 Å². The minimum atomic E-state index is -0.199. The molecule has 0 aliphatic rings. The molecule has 34 heavy (non-hydrogen) atoms. The maximum Gasteiger partial charge on any atom is 0.234 e. The van der Waals surface area contributed by atoms with E-state index < -0.39 is 0 Å². The largest absolute Gasteiger partial charge is 0.497 e. The third-order valence-electron chi connectivity index (χ3n) is 4.87. The fraction of sp³-hybridized carbons (Fsp3) is 0.167. The van der Waals surface area contributed by atoms with Crippen molar-refractivity contribution in [3.05, 3.63) is 67.0 Å². The Morgan fingerprint density at radius 3 is 2.15 bits per heavy atom. The summed E-state index contributed by atoms with van der Waals surface area (Å²) in [5.41, 5.74) is 2.28. The number of nitrogens with zero attached hydrogens (tertiary/aromatic N) is 4. The van der Waals surface area contributed by atoms with Gasteiger partial charge < -0.3 is 19.5 Å². The molecule has 0 bridgehead atoms. The van der Waals surface area contributed by atoms with Gasteiger partial charge in [0.2, 0.25) is 5.91 Å². The van der Waals surface area contributed by atoms with Gasteiger partial charge in [0.15, 0.2) is 11.0 Å². The van der Waals surface area contributed by atoms with E-state index in [9.17, 15) is 4.79 Å². The summed E-state index contributed by atoms with van der Waals surface area (Å²) < 4.78 is 17.7. The van der Waals surface area contributed by atoms with Gasteiger partial charge in [-0.3, -0.25) is 14.3 Å². The van der Waals surface area contributed by atoms with Gasteiger partial charge in [-0.15, -0.1) is 10.2 Å². The van der Waals surface area contributed by atoms with Crippen LogP contribution in [0.25, 0.3) is 17.1 Å². The standard InChI is InChI=1S/C24H23N5O4S/c1-31-19-6-4-18(5-7-19)29-23(16-8-10-25-11-9-16)27-28-24(29)34-15-22(30)26-17-12-20(32-2)14-21(13-17)33-3/h4-14H,15H2,1-3H3,(H,26,30). The van der Waals surface area contributed by atoms with Crippen LogP contribution in [0.1, 0.15) is 0 Å². The van der Waals surface area contributed by atoms with Gasteiger partial charge in [0.05, 0.1) is 27.1 Å². The molecule has 2 heterocycles. The zero-order valence-electron chi connectivity index (χ0n) is 18.9. The lowest BCUT2D eigenvalue weighted by atomic mass is 10.2. The monoisotopic (exact) mass is 477 g/mol. The molecule has 9 nitrogen and oxygen atoms in total.